The van der Waals surface area contributed by atoms with Crippen LogP contribution in [0.5, 0.6) is 0 Å². The second-order valence-corrected chi connectivity index (χ2v) is 11.9. The Kier molecular flexibility index (Phi) is 10.9. The van der Waals surface area contributed by atoms with E-state index in [9.17, 15) is 5.26 Å². The van der Waals surface area contributed by atoms with Crippen molar-refractivity contribution in [2.24, 2.45) is 10.2 Å². The molecule has 0 N–H and O–H groups in total. The SMILES string of the molecule is CC(C)N(C(C)C)P(/N=C/C(C#N)(Cc1ccccc1)Cc1ccccc1)N(C(C)C)C(C)C. The van der Waals surface area contributed by atoms with Gasteiger partial charge >= 0.3 is 0 Å². The van der Waals surface area contributed by atoms with Gasteiger partial charge in [0.05, 0.1) is 6.07 Å². The fraction of sp³-hybridized carbons (Fsp3) is 0.517. The van der Waals surface area contributed by atoms with Gasteiger partial charge in [-0.2, -0.15) is 5.26 Å². The van der Waals surface area contributed by atoms with Crippen molar-refractivity contribution in [2.45, 2.75) is 92.4 Å². The first-order chi connectivity index (χ1) is 16.1. The molecular weight excluding hydrogens is 435 g/mol. The second-order valence-electron chi connectivity index (χ2n) is 10.2. The maximum Gasteiger partial charge on any atom is 0.169 e. The third-order valence-electron chi connectivity index (χ3n) is 5.89. The van der Waals surface area contributed by atoms with Crippen molar-refractivity contribution in [3.63, 3.8) is 0 Å². The van der Waals surface area contributed by atoms with E-state index in [2.05, 4.69) is 95.1 Å². The highest BCUT2D eigenvalue weighted by Gasteiger charge is 2.35. The van der Waals surface area contributed by atoms with Gasteiger partial charge < -0.3 is 0 Å². The van der Waals surface area contributed by atoms with Crippen molar-refractivity contribution in [3.8, 4) is 6.07 Å². The zero-order chi connectivity index (χ0) is 25.3. The standard InChI is InChI=1S/C29H43N4P/c1-23(2)32(24(3)4)34(33(25(5)6)26(7)8)31-22-29(21-30,19-27-15-11-9-12-16-27)20-28-17-13-10-14-18-28/h9-18,22-26H,19-20H2,1-8H3/b31-22+. The summed E-state index contributed by atoms with van der Waals surface area (Å²) in [7, 11) is -0.980. The van der Waals surface area contributed by atoms with Crippen LogP contribution in [0.3, 0.4) is 0 Å². The van der Waals surface area contributed by atoms with Gasteiger partial charge in [-0.3, -0.25) is 0 Å². The number of rotatable bonds is 12. The fourth-order valence-corrected chi connectivity index (χ4v) is 7.06. The molecule has 0 aromatic heterocycles. The minimum Gasteiger partial charge on any atom is -0.246 e. The number of benzene rings is 2. The van der Waals surface area contributed by atoms with Crippen LogP contribution < -0.4 is 0 Å². The number of hydrogen-bond acceptors (Lipinski definition) is 4. The van der Waals surface area contributed by atoms with Crippen molar-refractivity contribution in [1.29, 1.82) is 5.26 Å². The molecule has 0 saturated heterocycles. The van der Waals surface area contributed by atoms with Crippen molar-refractivity contribution >= 4 is 14.6 Å². The Morgan fingerprint density at radius 3 is 1.38 bits per heavy atom. The average molecular weight is 479 g/mol. The summed E-state index contributed by atoms with van der Waals surface area (Å²) in [5, 5.41) is 10.6. The van der Waals surface area contributed by atoms with Crippen LogP contribution in [-0.2, 0) is 12.8 Å². The largest absolute Gasteiger partial charge is 0.246 e. The van der Waals surface area contributed by atoms with Gasteiger partial charge in [-0.15, -0.1) is 0 Å². The van der Waals surface area contributed by atoms with E-state index in [1.165, 1.54) is 0 Å². The van der Waals surface area contributed by atoms with Gasteiger partial charge in [0.2, 0.25) is 0 Å². The van der Waals surface area contributed by atoms with Gasteiger partial charge in [0.25, 0.3) is 0 Å². The summed E-state index contributed by atoms with van der Waals surface area (Å²) in [4.78, 5) is 0. The zero-order valence-electron chi connectivity index (χ0n) is 22.3. The van der Waals surface area contributed by atoms with Gasteiger partial charge in [-0.25, -0.2) is 14.1 Å². The molecular formula is C29H43N4P. The van der Waals surface area contributed by atoms with Gasteiger partial charge in [0, 0.05) is 30.4 Å². The molecule has 0 spiro atoms. The second kappa shape index (κ2) is 13.1. The molecule has 34 heavy (non-hydrogen) atoms. The highest BCUT2D eigenvalue weighted by Crippen LogP contribution is 2.51. The van der Waals surface area contributed by atoms with Crippen LogP contribution in [0.15, 0.2) is 65.4 Å². The van der Waals surface area contributed by atoms with Crippen LogP contribution in [0.4, 0.5) is 0 Å². The van der Waals surface area contributed by atoms with Crippen molar-refractivity contribution in [3.05, 3.63) is 71.8 Å². The highest BCUT2D eigenvalue weighted by atomic mass is 31.1. The maximum atomic E-state index is 10.6. The summed E-state index contributed by atoms with van der Waals surface area (Å²) in [5.74, 6) is 0. The summed E-state index contributed by atoms with van der Waals surface area (Å²) < 4.78 is 10.3. The third-order valence-corrected chi connectivity index (χ3v) is 8.88. The first-order valence-corrected chi connectivity index (χ1v) is 13.7. The van der Waals surface area contributed by atoms with E-state index in [-0.39, 0.29) is 0 Å². The smallest absolute Gasteiger partial charge is 0.169 e. The molecule has 0 aliphatic rings. The maximum absolute atomic E-state index is 10.6. The Morgan fingerprint density at radius 1 is 0.735 bits per heavy atom. The molecule has 0 amide bonds. The molecule has 0 saturated carbocycles. The summed E-state index contributed by atoms with van der Waals surface area (Å²) in [5.41, 5.74) is 1.59. The molecule has 0 aliphatic carbocycles. The van der Waals surface area contributed by atoms with Gasteiger partial charge in [0.15, 0.2) is 8.37 Å². The number of nitriles is 1. The van der Waals surface area contributed by atoms with E-state index in [0.29, 0.717) is 37.0 Å². The van der Waals surface area contributed by atoms with Crippen LogP contribution in [0.2, 0.25) is 0 Å². The summed E-state index contributed by atoms with van der Waals surface area (Å²) in [6, 6.07) is 24.7. The molecule has 0 radical (unpaired) electrons. The lowest BCUT2D eigenvalue weighted by atomic mass is 9.79. The predicted molar refractivity (Wildman–Crippen MR) is 148 cm³/mol. The summed E-state index contributed by atoms with van der Waals surface area (Å²) >= 11 is 0. The molecule has 0 bridgehead atoms. The van der Waals surface area contributed by atoms with E-state index in [1.807, 2.05) is 42.6 Å². The Hall–Kier alpha value is -2.05. The molecule has 2 aromatic carbocycles. The molecule has 2 rings (SSSR count). The van der Waals surface area contributed by atoms with Gasteiger partial charge in [0.1, 0.15) is 5.41 Å². The van der Waals surface area contributed by atoms with Crippen LogP contribution >= 0.6 is 8.37 Å². The highest BCUT2D eigenvalue weighted by molar-refractivity contribution is 7.51. The predicted octanol–water partition coefficient (Wildman–Crippen LogP) is 7.52. The van der Waals surface area contributed by atoms with Crippen LogP contribution in [0.25, 0.3) is 0 Å². The molecule has 0 atom stereocenters. The van der Waals surface area contributed by atoms with E-state index in [0.717, 1.165) is 11.1 Å². The minimum absolute atomic E-state index is 0.350. The lowest BCUT2D eigenvalue weighted by molar-refractivity contribution is 0.256. The first-order valence-electron chi connectivity index (χ1n) is 12.5. The summed E-state index contributed by atoms with van der Waals surface area (Å²) in [6.07, 6.45) is 3.27. The molecule has 0 fully saturated rings. The van der Waals surface area contributed by atoms with Gasteiger partial charge in [-0.05, 0) is 79.4 Å². The summed E-state index contributed by atoms with van der Waals surface area (Å²) in [6.45, 7) is 18.0. The van der Waals surface area contributed by atoms with Crippen LogP contribution in [-0.4, -0.2) is 39.7 Å². The van der Waals surface area contributed by atoms with E-state index in [1.54, 1.807) is 0 Å². The van der Waals surface area contributed by atoms with E-state index < -0.39 is 13.8 Å². The molecule has 4 nitrogen and oxygen atoms in total. The number of hydrogen-bond donors (Lipinski definition) is 0. The Balaban J connectivity index is 2.58. The van der Waals surface area contributed by atoms with Crippen molar-refractivity contribution in [2.75, 3.05) is 0 Å². The lowest BCUT2D eigenvalue weighted by Crippen LogP contribution is -2.42. The Labute approximate surface area is 209 Å². The Morgan fingerprint density at radius 2 is 1.09 bits per heavy atom. The molecule has 0 unspecified atom stereocenters. The van der Waals surface area contributed by atoms with E-state index >= 15 is 0 Å². The number of nitrogens with zero attached hydrogens (tertiary/aromatic N) is 4. The van der Waals surface area contributed by atoms with Gasteiger partial charge in [-0.1, -0.05) is 60.7 Å². The van der Waals surface area contributed by atoms with Crippen LogP contribution in [0, 0.1) is 16.7 Å². The normalized spacial score (nSPS) is 12.9. The molecule has 5 heteroatoms. The van der Waals surface area contributed by atoms with E-state index in [4.69, 9.17) is 4.76 Å². The first kappa shape index (κ1) is 28.2. The van der Waals surface area contributed by atoms with Crippen molar-refractivity contribution < 1.29 is 0 Å². The fourth-order valence-electron chi connectivity index (χ4n) is 4.60. The minimum atomic E-state index is -0.980. The molecule has 0 aliphatic heterocycles. The molecule has 2 aromatic rings. The average Bonchev–Trinajstić information content (AvgIpc) is 2.77. The third kappa shape index (κ3) is 7.74. The van der Waals surface area contributed by atoms with Crippen molar-refractivity contribution in [1.82, 2.24) is 9.34 Å². The lowest BCUT2D eigenvalue weighted by Gasteiger charge is -2.44. The quantitative estimate of drug-likeness (QED) is 0.234. The Bertz CT molecular complexity index is 839. The zero-order valence-corrected chi connectivity index (χ0v) is 23.2. The topological polar surface area (TPSA) is 42.6 Å². The monoisotopic (exact) mass is 478 g/mol. The molecule has 0 heterocycles. The molecule has 184 valence electrons. The van der Waals surface area contributed by atoms with Crippen LogP contribution in [0.1, 0.15) is 66.5 Å².